The van der Waals surface area contributed by atoms with Crippen LogP contribution < -0.4 is 0 Å². The van der Waals surface area contributed by atoms with Crippen molar-refractivity contribution in [2.24, 2.45) is 0 Å². The fourth-order valence-electron chi connectivity index (χ4n) is 3.90. The zero-order valence-electron chi connectivity index (χ0n) is 16.4. The van der Waals surface area contributed by atoms with Gasteiger partial charge in [0.05, 0.1) is 5.56 Å². The number of aromatic hydroxyl groups is 2. The number of phenols is 2. The highest BCUT2D eigenvalue weighted by molar-refractivity contribution is 9.10. The predicted octanol–water partition coefficient (Wildman–Crippen LogP) is 7.23. The smallest absolute Gasteiger partial charge is 0.139 e. The fourth-order valence-corrected chi connectivity index (χ4v) is 4.28. The Balaban J connectivity index is 1.84. The summed E-state index contributed by atoms with van der Waals surface area (Å²) in [5.41, 5.74) is 2.57. The summed E-state index contributed by atoms with van der Waals surface area (Å²) in [6.45, 7) is 0. The number of benzene rings is 5. The third-order valence-corrected chi connectivity index (χ3v) is 5.84. The molecule has 0 radical (unpaired) electrons. The second-order valence-corrected chi connectivity index (χ2v) is 8.23. The Morgan fingerprint density at radius 3 is 2.16 bits per heavy atom. The number of phenolic OH excluding ortho intramolecular Hbond substituents is 2. The number of halogens is 1. The summed E-state index contributed by atoms with van der Waals surface area (Å²) in [7, 11) is 0. The zero-order valence-corrected chi connectivity index (χ0v) is 18.0. The lowest BCUT2D eigenvalue weighted by Crippen LogP contribution is -1.90. The van der Waals surface area contributed by atoms with Gasteiger partial charge in [0.15, 0.2) is 0 Å². The molecule has 2 nitrogen and oxygen atoms in total. The van der Waals surface area contributed by atoms with Gasteiger partial charge in [0.2, 0.25) is 0 Å². The van der Waals surface area contributed by atoms with Crippen LogP contribution >= 0.6 is 15.9 Å². The highest BCUT2D eigenvalue weighted by atomic mass is 79.9. The fraction of sp³-hybridized carbons (Fsp3) is 0. The maximum Gasteiger partial charge on any atom is 0.139 e. The SMILES string of the molecule is Oc1ccc2cc(Br)ccc2c1-c1c(O)c(C#Cc2ccccc2)cc2ccccc12. The molecule has 0 aromatic heterocycles. The van der Waals surface area contributed by atoms with Crippen LogP contribution in [-0.4, -0.2) is 10.2 Å². The molecule has 31 heavy (non-hydrogen) atoms. The van der Waals surface area contributed by atoms with E-state index in [4.69, 9.17) is 0 Å². The van der Waals surface area contributed by atoms with Crippen LogP contribution in [0.1, 0.15) is 11.1 Å². The maximum atomic E-state index is 11.3. The van der Waals surface area contributed by atoms with Gasteiger partial charge in [-0.25, -0.2) is 0 Å². The van der Waals surface area contributed by atoms with E-state index in [2.05, 4.69) is 27.8 Å². The van der Waals surface area contributed by atoms with Gasteiger partial charge in [-0.15, -0.1) is 0 Å². The Bertz CT molecular complexity index is 1510. The summed E-state index contributed by atoms with van der Waals surface area (Å²) in [6.07, 6.45) is 0. The number of hydrogen-bond donors (Lipinski definition) is 2. The largest absolute Gasteiger partial charge is 0.507 e. The Labute approximate surface area is 188 Å². The molecule has 0 aliphatic rings. The lowest BCUT2D eigenvalue weighted by molar-refractivity contribution is 0.469. The van der Waals surface area contributed by atoms with E-state index < -0.39 is 0 Å². The molecule has 0 unspecified atom stereocenters. The second-order valence-electron chi connectivity index (χ2n) is 7.31. The lowest BCUT2D eigenvalue weighted by atomic mass is 9.90. The number of hydrogen-bond acceptors (Lipinski definition) is 2. The first kappa shape index (κ1) is 19.2. The van der Waals surface area contributed by atoms with Gasteiger partial charge in [-0.3, -0.25) is 0 Å². The van der Waals surface area contributed by atoms with Gasteiger partial charge in [0.25, 0.3) is 0 Å². The minimum atomic E-state index is 0.0628. The van der Waals surface area contributed by atoms with Crippen LogP contribution in [0.25, 0.3) is 32.7 Å². The summed E-state index contributed by atoms with van der Waals surface area (Å²) in [4.78, 5) is 0. The van der Waals surface area contributed by atoms with E-state index in [0.717, 1.165) is 31.6 Å². The summed E-state index contributed by atoms with van der Waals surface area (Å²) < 4.78 is 0.952. The molecule has 2 N–H and O–H groups in total. The van der Waals surface area contributed by atoms with Crippen LogP contribution in [0.3, 0.4) is 0 Å². The van der Waals surface area contributed by atoms with Crippen LogP contribution in [0, 0.1) is 11.8 Å². The van der Waals surface area contributed by atoms with E-state index in [1.165, 1.54) is 0 Å². The van der Waals surface area contributed by atoms with Crippen molar-refractivity contribution in [2.75, 3.05) is 0 Å². The molecule has 0 aliphatic heterocycles. The van der Waals surface area contributed by atoms with Gasteiger partial charge in [-0.1, -0.05) is 82.4 Å². The van der Waals surface area contributed by atoms with Crippen molar-refractivity contribution >= 4 is 37.5 Å². The van der Waals surface area contributed by atoms with Crippen LogP contribution in [-0.2, 0) is 0 Å². The molecular formula is C28H17BrO2. The Morgan fingerprint density at radius 2 is 1.32 bits per heavy atom. The molecule has 0 bridgehead atoms. The molecule has 5 rings (SSSR count). The number of fused-ring (bicyclic) bond motifs is 2. The molecule has 0 heterocycles. The molecule has 0 saturated carbocycles. The van der Waals surface area contributed by atoms with E-state index in [-0.39, 0.29) is 11.5 Å². The summed E-state index contributed by atoms with van der Waals surface area (Å²) in [5.74, 6) is 6.42. The van der Waals surface area contributed by atoms with E-state index in [0.29, 0.717) is 16.7 Å². The van der Waals surface area contributed by atoms with Gasteiger partial charge in [0.1, 0.15) is 11.5 Å². The maximum absolute atomic E-state index is 11.3. The normalized spacial score (nSPS) is 10.7. The Kier molecular flexibility index (Phi) is 4.86. The summed E-state index contributed by atoms with van der Waals surface area (Å²) >= 11 is 3.51. The van der Waals surface area contributed by atoms with Crippen LogP contribution in [0.4, 0.5) is 0 Å². The van der Waals surface area contributed by atoms with Crippen molar-refractivity contribution in [3.8, 4) is 34.5 Å². The molecular weight excluding hydrogens is 448 g/mol. The zero-order chi connectivity index (χ0) is 21.4. The Morgan fingerprint density at radius 1 is 0.613 bits per heavy atom. The van der Waals surface area contributed by atoms with Crippen LogP contribution in [0.5, 0.6) is 11.5 Å². The molecule has 148 valence electrons. The molecule has 0 aliphatic carbocycles. The molecule has 5 aromatic rings. The van der Waals surface area contributed by atoms with E-state index in [1.54, 1.807) is 6.07 Å². The lowest BCUT2D eigenvalue weighted by Gasteiger charge is -2.15. The average molecular weight is 465 g/mol. The van der Waals surface area contributed by atoms with Crippen molar-refractivity contribution < 1.29 is 10.2 Å². The molecule has 0 atom stereocenters. The van der Waals surface area contributed by atoms with E-state index >= 15 is 0 Å². The van der Waals surface area contributed by atoms with Gasteiger partial charge >= 0.3 is 0 Å². The van der Waals surface area contributed by atoms with Gasteiger partial charge in [-0.05, 0) is 57.9 Å². The topological polar surface area (TPSA) is 40.5 Å². The highest BCUT2D eigenvalue weighted by Crippen LogP contribution is 2.46. The van der Waals surface area contributed by atoms with E-state index in [1.807, 2.05) is 84.9 Å². The van der Waals surface area contributed by atoms with Crippen molar-refractivity contribution in [1.82, 2.24) is 0 Å². The molecule has 0 saturated heterocycles. The number of rotatable bonds is 1. The standard InChI is InChI=1S/C28H17BrO2/c29-22-13-14-24-20(17-22)12-15-25(30)26(24)27-23-9-5-4-8-19(23)16-21(28(27)31)11-10-18-6-2-1-3-7-18/h1-9,12-17,30-31H. The minimum absolute atomic E-state index is 0.0628. The predicted molar refractivity (Wildman–Crippen MR) is 130 cm³/mol. The van der Waals surface area contributed by atoms with E-state index in [9.17, 15) is 10.2 Å². The average Bonchev–Trinajstić information content (AvgIpc) is 2.79. The quantitative estimate of drug-likeness (QED) is 0.256. The Hall–Kier alpha value is -3.74. The van der Waals surface area contributed by atoms with Crippen LogP contribution in [0.15, 0.2) is 95.5 Å². The minimum Gasteiger partial charge on any atom is -0.507 e. The van der Waals surface area contributed by atoms with Gasteiger partial charge in [0, 0.05) is 21.2 Å². The van der Waals surface area contributed by atoms with Crippen molar-refractivity contribution in [3.63, 3.8) is 0 Å². The molecule has 3 heteroatoms. The molecule has 0 fully saturated rings. The van der Waals surface area contributed by atoms with Crippen molar-refractivity contribution in [3.05, 3.63) is 107 Å². The molecule has 0 amide bonds. The molecule has 0 spiro atoms. The highest BCUT2D eigenvalue weighted by Gasteiger charge is 2.19. The van der Waals surface area contributed by atoms with Crippen molar-refractivity contribution in [2.45, 2.75) is 0 Å². The first-order valence-corrected chi connectivity index (χ1v) is 10.6. The van der Waals surface area contributed by atoms with Crippen molar-refractivity contribution in [1.29, 1.82) is 0 Å². The molecule has 5 aromatic carbocycles. The second kappa shape index (κ2) is 7.83. The van der Waals surface area contributed by atoms with Gasteiger partial charge in [-0.2, -0.15) is 0 Å². The van der Waals surface area contributed by atoms with Crippen LogP contribution in [0.2, 0.25) is 0 Å². The first-order chi connectivity index (χ1) is 15.1. The monoisotopic (exact) mass is 464 g/mol. The summed E-state index contributed by atoms with van der Waals surface area (Å²) in [5, 5.41) is 25.8. The third kappa shape index (κ3) is 3.52. The first-order valence-electron chi connectivity index (χ1n) is 9.85. The summed E-state index contributed by atoms with van der Waals surface area (Å²) in [6, 6.07) is 28.8. The third-order valence-electron chi connectivity index (χ3n) is 5.35. The van der Waals surface area contributed by atoms with Gasteiger partial charge < -0.3 is 10.2 Å².